The second-order valence-corrected chi connectivity index (χ2v) is 12.2. The standard InChI is InChI=1S/C28H33NO7/c1-25(2)13-12-22(30)27(4)20(25)11-14-26(3)21(27)10-9-19(28(26)15-23(31)35-16-28)24(32)36-18-7-5-17(6-8-18)29(33)34/h5-8,12-13,19-21H,9-11,14-16H2,1-4H3/t19-,20?,21+,26-,27+,28+/m1/s1. The highest BCUT2D eigenvalue weighted by Gasteiger charge is 2.71. The lowest BCUT2D eigenvalue weighted by Gasteiger charge is -2.66. The fourth-order valence-corrected chi connectivity index (χ4v) is 8.45. The Morgan fingerprint density at radius 1 is 1.06 bits per heavy atom. The lowest BCUT2D eigenvalue weighted by Crippen LogP contribution is -2.66. The van der Waals surface area contributed by atoms with E-state index >= 15 is 0 Å². The molecule has 0 aromatic heterocycles. The van der Waals surface area contributed by atoms with Crippen molar-refractivity contribution in [1.82, 2.24) is 0 Å². The van der Waals surface area contributed by atoms with Crippen LogP contribution in [0.5, 0.6) is 5.75 Å². The molecule has 0 bridgehead atoms. The second-order valence-electron chi connectivity index (χ2n) is 12.2. The van der Waals surface area contributed by atoms with E-state index in [9.17, 15) is 24.5 Å². The number of fused-ring (bicyclic) bond motifs is 4. The Labute approximate surface area is 210 Å². The monoisotopic (exact) mass is 495 g/mol. The summed E-state index contributed by atoms with van der Waals surface area (Å²) in [7, 11) is 0. The van der Waals surface area contributed by atoms with E-state index in [1.807, 2.05) is 6.08 Å². The smallest absolute Gasteiger partial charge is 0.315 e. The van der Waals surface area contributed by atoms with Gasteiger partial charge < -0.3 is 9.47 Å². The quantitative estimate of drug-likeness (QED) is 0.250. The van der Waals surface area contributed by atoms with Gasteiger partial charge in [-0.3, -0.25) is 24.5 Å². The molecule has 0 N–H and O–H groups in total. The van der Waals surface area contributed by atoms with E-state index < -0.39 is 33.1 Å². The second kappa shape index (κ2) is 7.98. The number of allylic oxidation sites excluding steroid dienone is 2. The molecule has 1 aromatic rings. The Kier molecular flexibility index (Phi) is 5.47. The first-order chi connectivity index (χ1) is 16.8. The summed E-state index contributed by atoms with van der Waals surface area (Å²) in [4.78, 5) is 50.1. The molecule has 1 aliphatic heterocycles. The highest BCUT2D eigenvalue weighted by molar-refractivity contribution is 5.96. The summed E-state index contributed by atoms with van der Waals surface area (Å²) in [5.74, 6) is -0.824. The van der Waals surface area contributed by atoms with Crippen molar-refractivity contribution >= 4 is 23.4 Å². The van der Waals surface area contributed by atoms with Crippen molar-refractivity contribution in [1.29, 1.82) is 0 Å². The number of nitrogens with zero attached hydrogens (tertiary/aromatic N) is 1. The minimum Gasteiger partial charge on any atom is -0.465 e. The SMILES string of the molecule is CC1(C)C=CC(=O)[C@@]2(C)C1CC[C@]1(C)[C@@H]2CC[C@H](C(=O)Oc2ccc([N+](=O)[O-])cc2)[C@]12COC(=O)C2. The topological polar surface area (TPSA) is 113 Å². The van der Waals surface area contributed by atoms with Gasteiger partial charge in [0.1, 0.15) is 5.75 Å². The molecule has 8 nitrogen and oxygen atoms in total. The molecule has 3 aliphatic carbocycles. The minimum absolute atomic E-state index is 0.00148. The highest BCUT2D eigenvalue weighted by Crippen LogP contribution is 2.72. The minimum atomic E-state index is -0.773. The van der Waals surface area contributed by atoms with Crippen molar-refractivity contribution < 1.29 is 28.8 Å². The number of non-ortho nitro benzene ring substituents is 1. The fraction of sp³-hybridized carbons (Fsp3) is 0.607. The van der Waals surface area contributed by atoms with Gasteiger partial charge in [0.15, 0.2) is 5.78 Å². The van der Waals surface area contributed by atoms with Crippen LogP contribution in [-0.2, 0) is 19.1 Å². The average Bonchev–Trinajstić information content (AvgIpc) is 3.21. The lowest BCUT2D eigenvalue weighted by molar-refractivity contribution is -0.384. The summed E-state index contributed by atoms with van der Waals surface area (Å²) in [5, 5.41) is 11.0. The van der Waals surface area contributed by atoms with Crippen LogP contribution in [0.25, 0.3) is 0 Å². The first-order valence-electron chi connectivity index (χ1n) is 12.7. The van der Waals surface area contributed by atoms with E-state index in [-0.39, 0.29) is 53.5 Å². The van der Waals surface area contributed by atoms with E-state index in [2.05, 4.69) is 27.7 Å². The molecule has 1 aromatic carbocycles. The van der Waals surface area contributed by atoms with E-state index in [0.717, 1.165) is 12.8 Å². The van der Waals surface area contributed by atoms with Crippen molar-refractivity contribution in [3.63, 3.8) is 0 Å². The van der Waals surface area contributed by atoms with Gasteiger partial charge in [-0.15, -0.1) is 0 Å². The number of ether oxygens (including phenoxy) is 2. The molecule has 1 saturated heterocycles. The summed E-state index contributed by atoms with van der Waals surface area (Å²) < 4.78 is 11.3. The van der Waals surface area contributed by atoms with Crippen molar-refractivity contribution in [3.8, 4) is 5.75 Å². The van der Waals surface area contributed by atoms with E-state index in [0.29, 0.717) is 12.8 Å². The number of esters is 2. The molecule has 5 rings (SSSR count). The number of cyclic esters (lactones) is 1. The zero-order valence-corrected chi connectivity index (χ0v) is 21.2. The normalized spacial score (nSPS) is 38.7. The molecular formula is C28H33NO7. The molecular weight excluding hydrogens is 462 g/mol. The summed E-state index contributed by atoms with van der Waals surface area (Å²) in [6.45, 7) is 8.74. The number of ketones is 1. The third kappa shape index (κ3) is 3.29. The van der Waals surface area contributed by atoms with Crippen LogP contribution in [0.3, 0.4) is 0 Å². The Balaban J connectivity index is 1.51. The third-order valence-corrected chi connectivity index (χ3v) is 10.3. The van der Waals surface area contributed by atoms with Crippen LogP contribution in [0.2, 0.25) is 0 Å². The van der Waals surface area contributed by atoms with Gasteiger partial charge in [0.2, 0.25) is 0 Å². The van der Waals surface area contributed by atoms with Gasteiger partial charge in [-0.25, -0.2) is 0 Å². The Morgan fingerprint density at radius 2 is 1.75 bits per heavy atom. The maximum absolute atomic E-state index is 13.6. The molecule has 6 atom stereocenters. The molecule has 36 heavy (non-hydrogen) atoms. The number of hydrogen-bond donors (Lipinski definition) is 0. The predicted octanol–water partition coefficient (Wildman–Crippen LogP) is 5.05. The first-order valence-corrected chi connectivity index (χ1v) is 12.7. The number of carbonyl (C=O) groups is 3. The number of carbonyl (C=O) groups excluding carboxylic acids is 3. The average molecular weight is 496 g/mol. The van der Waals surface area contributed by atoms with Gasteiger partial charge in [0, 0.05) is 23.0 Å². The molecule has 8 heteroatoms. The van der Waals surface area contributed by atoms with Crippen LogP contribution in [0.4, 0.5) is 5.69 Å². The van der Waals surface area contributed by atoms with Gasteiger partial charge in [-0.2, -0.15) is 0 Å². The molecule has 1 unspecified atom stereocenters. The van der Waals surface area contributed by atoms with Gasteiger partial charge >= 0.3 is 11.9 Å². The van der Waals surface area contributed by atoms with E-state index in [1.165, 1.54) is 24.3 Å². The van der Waals surface area contributed by atoms with Crippen molar-refractivity contribution in [3.05, 3.63) is 46.5 Å². The van der Waals surface area contributed by atoms with Crippen LogP contribution in [0.15, 0.2) is 36.4 Å². The first kappa shape index (κ1) is 24.7. The van der Waals surface area contributed by atoms with Crippen molar-refractivity contribution in [2.24, 2.45) is 39.4 Å². The molecule has 192 valence electrons. The molecule has 3 fully saturated rings. The van der Waals surface area contributed by atoms with Crippen molar-refractivity contribution in [2.75, 3.05) is 6.61 Å². The van der Waals surface area contributed by atoms with Crippen LogP contribution in [0.1, 0.15) is 59.8 Å². The third-order valence-electron chi connectivity index (χ3n) is 10.3. The lowest BCUT2D eigenvalue weighted by atomic mass is 9.35. The maximum Gasteiger partial charge on any atom is 0.315 e. The molecule has 4 aliphatic rings. The molecule has 1 heterocycles. The molecule has 0 amide bonds. The summed E-state index contributed by atoms with van der Waals surface area (Å²) >= 11 is 0. The van der Waals surface area contributed by atoms with Crippen LogP contribution in [-0.4, -0.2) is 29.3 Å². The van der Waals surface area contributed by atoms with Gasteiger partial charge in [0.05, 0.1) is 23.9 Å². The van der Waals surface area contributed by atoms with E-state index in [1.54, 1.807) is 6.08 Å². The highest BCUT2D eigenvalue weighted by atomic mass is 16.6. The maximum atomic E-state index is 13.6. The number of hydrogen-bond acceptors (Lipinski definition) is 7. The van der Waals surface area contributed by atoms with Crippen LogP contribution >= 0.6 is 0 Å². The van der Waals surface area contributed by atoms with Gasteiger partial charge in [-0.05, 0) is 66.6 Å². The van der Waals surface area contributed by atoms with Gasteiger partial charge in [0.25, 0.3) is 5.69 Å². The number of benzene rings is 1. The molecule has 0 radical (unpaired) electrons. The Hall–Kier alpha value is -3.03. The molecule has 2 saturated carbocycles. The number of nitro benzene ring substituents is 1. The number of nitro groups is 1. The zero-order chi connectivity index (χ0) is 26.1. The van der Waals surface area contributed by atoms with E-state index in [4.69, 9.17) is 9.47 Å². The van der Waals surface area contributed by atoms with Crippen LogP contribution in [0, 0.1) is 49.5 Å². The fourth-order valence-electron chi connectivity index (χ4n) is 8.45. The largest absolute Gasteiger partial charge is 0.465 e. The Morgan fingerprint density at radius 3 is 2.36 bits per heavy atom. The number of rotatable bonds is 3. The Bertz CT molecular complexity index is 1170. The summed E-state index contributed by atoms with van der Waals surface area (Å²) in [5.41, 5.74) is -2.04. The summed E-state index contributed by atoms with van der Waals surface area (Å²) in [6.07, 6.45) is 6.68. The summed E-state index contributed by atoms with van der Waals surface area (Å²) in [6, 6.07) is 5.41. The molecule has 1 spiro atoms. The zero-order valence-electron chi connectivity index (χ0n) is 21.2. The van der Waals surface area contributed by atoms with Gasteiger partial charge in [-0.1, -0.05) is 33.8 Å². The van der Waals surface area contributed by atoms with Crippen molar-refractivity contribution in [2.45, 2.75) is 59.8 Å². The predicted molar refractivity (Wildman–Crippen MR) is 130 cm³/mol. The van der Waals surface area contributed by atoms with Crippen LogP contribution < -0.4 is 4.74 Å².